The first-order valence-corrected chi connectivity index (χ1v) is 7.63. The predicted octanol–water partition coefficient (Wildman–Crippen LogP) is 1.71. The molecule has 0 radical (unpaired) electrons. The molecule has 1 aromatic heterocycles. The number of nitrogens with one attached hydrogen (secondary N) is 1. The summed E-state index contributed by atoms with van der Waals surface area (Å²) in [6, 6.07) is 0. The molecule has 0 fully saturated rings. The van der Waals surface area contributed by atoms with Gasteiger partial charge in [0.2, 0.25) is 5.91 Å². The smallest absolute Gasteiger partial charge is 0.226 e. The van der Waals surface area contributed by atoms with E-state index < -0.39 is 5.54 Å². The van der Waals surface area contributed by atoms with Gasteiger partial charge in [0.1, 0.15) is 0 Å². The Hall–Kier alpha value is -0.980. The summed E-state index contributed by atoms with van der Waals surface area (Å²) < 4.78 is 5.11. The first-order valence-electron chi connectivity index (χ1n) is 6.75. The lowest BCUT2D eigenvalue weighted by atomic mass is 9.99. The molecule has 1 aromatic rings. The van der Waals surface area contributed by atoms with Gasteiger partial charge in [-0.1, -0.05) is 13.8 Å². The van der Waals surface area contributed by atoms with Crippen LogP contribution in [0.5, 0.6) is 0 Å². The standard InChI is InChI=1S/C14H24N2O3S/c1-10(2)13-15-11(8-20-13)7-12(18)16-14(3,5-6-17)9-19-4/h8,10,17H,5-7,9H2,1-4H3,(H,16,18). The summed E-state index contributed by atoms with van der Waals surface area (Å²) in [4.78, 5) is 16.5. The van der Waals surface area contributed by atoms with Crippen molar-refractivity contribution < 1.29 is 14.6 Å². The zero-order chi connectivity index (χ0) is 15.2. The average molecular weight is 300 g/mol. The maximum absolute atomic E-state index is 12.1. The maximum Gasteiger partial charge on any atom is 0.226 e. The van der Waals surface area contributed by atoms with E-state index >= 15 is 0 Å². The van der Waals surface area contributed by atoms with Crippen molar-refractivity contribution in [2.24, 2.45) is 0 Å². The van der Waals surface area contributed by atoms with Crippen LogP contribution >= 0.6 is 11.3 Å². The van der Waals surface area contributed by atoms with E-state index in [2.05, 4.69) is 24.1 Å². The van der Waals surface area contributed by atoms with E-state index in [-0.39, 0.29) is 18.9 Å². The lowest BCUT2D eigenvalue weighted by Crippen LogP contribution is -2.50. The quantitative estimate of drug-likeness (QED) is 0.767. The van der Waals surface area contributed by atoms with Crippen LogP contribution in [0.4, 0.5) is 0 Å². The van der Waals surface area contributed by atoms with Crippen LogP contribution < -0.4 is 5.32 Å². The van der Waals surface area contributed by atoms with Gasteiger partial charge in [-0.15, -0.1) is 11.3 Å². The molecule has 0 aromatic carbocycles. The Morgan fingerprint density at radius 3 is 2.80 bits per heavy atom. The second-order valence-corrected chi connectivity index (χ2v) is 6.41. The molecule has 0 aliphatic carbocycles. The van der Waals surface area contributed by atoms with Crippen molar-refractivity contribution in [3.63, 3.8) is 0 Å². The molecule has 0 saturated heterocycles. The van der Waals surface area contributed by atoms with Crippen molar-refractivity contribution in [3.05, 3.63) is 16.1 Å². The molecule has 114 valence electrons. The summed E-state index contributed by atoms with van der Waals surface area (Å²) in [5.74, 6) is 0.281. The molecule has 0 spiro atoms. The lowest BCUT2D eigenvalue weighted by molar-refractivity contribution is -0.123. The molecule has 1 unspecified atom stereocenters. The Kier molecular flexibility index (Phi) is 6.58. The van der Waals surface area contributed by atoms with Gasteiger partial charge in [0.15, 0.2) is 0 Å². The van der Waals surface area contributed by atoms with E-state index in [1.165, 1.54) is 0 Å². The Morgan fingerprint density at radius 2 is 2.30 bits per heavy atom. The molecule has 0 aliphatic rings. The van der Waals surface area contributed by atoms with Crippen LogP contribution in [0.25, 0.3) is 0 Å². The normalized spacial score (nSPS) is 14.3. The number of nitrogens with zero attached hydrogens (tertiary/aromatic N) is 1. The number of amides is 1. The largest absolute Gasteiger partial charge is 0.396 e. The number of thiazole rings is 1. The van der Waals surface area contributed by atoms with Crippen LogP contribution in [-0.2, 0) is 16.0 Å². The highest BCUT2D eigenvalue weighted by atomic mass is 32.1. The van der Waals surface area contributed by atoms with E-state index in [0.29, 0.717) is 18.9 Å². The van der Waals surface area contributed by atoms with Gasteiger partial charge in [-0.2, -0.15) is 0 Å². The highest BCUT2D eigenvalue weighted by Crippen LogP contribution is 2.19. The molecule has 1 amide bonds. The Bertz CT molecular complexity index is 426. The molecule has 2 N–H and O–H groups in total. The third kappa shape index (κ3) is 5.19. The van der Waals surface area contributed by atoms with E-state index in [0.717, 1.165) is 10.7 Å². The van der Waals surface area contributed by atoms with E-state index in [9.17, 15) is 4.79 Å². The van der Waals surface area contributed by atoms with Crippen molar-refractivity contribution in [1.29, 1.82) is 0 Å². The first-order chi connectivity index (χ1) is 9.40. The number of rotatable bonds is 8. The summed E-state index contributed by atoms with van der Waals surface area (Å²) in [6.07, 6.45) is 0.717. The fourth-order valence-electron chi connectivity index (χ4n) is 1.95. The van der Waals surface area contributed by atoms with Crippen LogP contribution in [-0.4, -0.2) is 41.9 Å². The van der Waals surface area contributed by atoms with Gasteiger partial charge in [0.25, 0.3) is 0 Å². The summed E-state index contributed by atoms with van der Waals surface area (Å²) in [5, 5.41) is 15.0. The minimum atomic E-state index is -0.544. The maximum atomic E-state index is 12.1. The van der Waals surface area contributed by atoms with Gasteiger partial charge < -0.3 is 15.2 Å². The molecule has 0 aliphatic heterocycles. The molecular weight excluding hydrogens is 276 g/mol. The van der Waals surface area contributed by atoms with Crippen molar-refractivity contribution in [1.82, 2.24) is 10.3 Å². The summed E-state index contributed by atoms with van der Waals surface area (Å²) in [5.41, 5.74) is 0.247. The van der Waals surface area contributed by atoms with Gasteiger partial charge in [-0.25, -0.2) is 4.98 Å². The van der Waals surface area contributed by atoms with Gasteiger partial charge in [-0.05, 0) is 13.3 Å². The van der Waals surface area contributed by atoms with Gasteiger partial charge in [-0.3, -0.25) is 4.79 Å². The Balaban J connectivity index is 2.60. The number of methoxy groups -OCH3 is 1. The zero-order valence-corrected chi connectivity index (χ0v) is 13.4. The molecule has 6 heteroatoms. The molecule has 5 nitrogen and oxygen atoms in total. The minimum absolute atomic E-state index is 0.00827. The van der Waals surface area contributed by atoms with Gasteiger partial charge in [0, 0.05) is 25.0 Å². The molecular formula is C14H24N2O3S. The number of hydrogen-bond acceptors (Lipinski definition) is 5. The number of ether oxygens (including phenoxy) is 1. The van der Waals surface area contributed by atoms with Crippen LogP contribution in [0.2, 0.25) is 0 Å². The number of aliphatic hydroxyl groups excluding tert-OH is 1. The second-order valence-electron chi connectivity index (χ2n) is 5.52. The fraction of sp³-hybridized carbons (Fsp3) is 0.714. The average Bonchev–Trinajstić information content (AvgIpc) is 2.77. The predicted molar refractivity (Wildman–Crippen MR) is 80.0 cm³/mol. The zero-order valence-electron chi connectivity index (χ0n) is 12.6. The monoisotopic (exact) mass is 300 g/mol. The highest BCUT2D eigenvalue weighted by molar-refractivity contribution is 7.09. The summed E-state index contributed by atoms with van der Waals surface area (Å²) in [6.45, 7) is 6.41. The number of carbonyl (C=O) groups excluding carboxylic acids is 1. The van der Waals surface area contributed by atoms with Crippen molar-refractivity contribution in [3.8, 4) is 0 Å². The second kappa shape index (κ2) is 7.71. The molecule has 20 heavy (non-hydrogen) atoms. The third-order valence-corrected chi connectivity index (χ3v) is 4.17. The number of aliphatic hydroxyl groups is 1. The van der Waals surface area contributed by atoms with E-state index in [4.69, 9.17) is 9.84 Å². The highest BCUT2D eigenvalue weighted by Gasteiger charge is 2.26. The van der Waals surface area contributed by atoms with Crippen molar-refractivity contribution in [2.45, 2.75) is 45.1 Å². The Labute approximate surface area is 124 Å². The molecule has 0 saturated carbocycles. The van der Waals surface area contributed by atoms with Crippen LogP contribution in [0.15, 0.2) is 5.38 Å². The van der Waals surface area contributed by atoms with E-state index in [1.54, 1.807) is 18.4 Å². The topological polar surface area (TPSA) is 71.5 Å². The summed E-state index contributed by atoms with van der Waals surface area (Å²) >= 11 is 1.58. The first kappa shape index (κ1) is 17.1. The van der Waals surface area contributed by atoms with E-state index in [1.807, 2.05) is 12.3 Å². The number of carbonyl (C=O) groups is 1. The fourth-order valence-corrected chi connectivity index (χ4v) is 2.79. The molecule has 1 rings (SSSR count). The number of aromatic nitrogens is 1. The van der Waals surface area contributed by atoms with Crippen molar-refractivity contribution >= 4 is 17.2 Å². The van der Waals surface area contributed by atoms with Crippen LogP contribution in [0, 0.1) is 0 Å². The third-order valence-electron chi connectivity index (χ3n) is 2.97. The molecule has 1 atom stereocenters. The lowest BCUT2D eigenvalue weighted by Gasteiger charge is -2.29. The van der Waals surface area contributed by atoms with Gasteiger partial charge in [0.05, 0.1) is 29.3 Å². The van der Waals surface area contributed by atoms with Crippen LogP contribution in [0.3, 0.4) is 0 Å². The van der Waals surface area contributed by atoms with Crippen molar-refractivity contribution in [2.75, 3.05) is 20.3 Å². The number of hydrogen-bond donors (Lipinski definition) is 2. The summed E-state index contributed by atoms with van der Waals surface area (Å²) in [7, 11) is 1.58. The SMILES string of the molecule is COCC(C)(CCO)NC(=O)Cc1csc(C(C)C)n1. The Morgan fingerprint density at radius 1 is 1.60 bits per heavy atom. The van der Waals surface area contributed by atoms with Crippen LogP contribution in [0.1, 0.15) is 43.8 Å². The molecule has 0 bridgehead atoms. The minimum Gasteiger partial charge on any atom is -0.396 e. The molecule has 1 heterocycles. The van der Waals surface area contributed by atoms with Gasteiger partial charge >= 0.3 is 0 Å².